The lowest BCUT2D eigenvalue weighted by atomic mass is 9.79. The Morgan fingerprint density at radius 2 is 2.14 bits per heavy atom. The number of hydrogen-bond acceptors (Lipinski definition) is 3. The summed E-state index contributed by atoms with van der Waals surface area (Å²) in [7, 11) is 0. The molecule has 2 rings (SSSR count). The van der Waals surface area contributed by atoms with E-state index in [0.29, 0.717) is 6.04 Å². The minimum atomic E-state index is 0.573. The molecule has 1 aromatic rings. The van der Waals surface area contributed by atoms with Gasteiger partial charge in [-0.1, -0.05) is 13.8 Å². The molecule has 1 aliphatic carbocycles. The maximum absolute atomic E-state index is 5.42. The summed E-state index contributed by atoms with van der Waals surface area (Å²) in [6.07, 6.45) is 7.02. The molecule has 1 aromatic heterocycles. The summed E-state index contributed by atoms with van der Waals surface area (Å²) < 4.78 is 7.67. The van der Waals surface area contributed by atoms with Crippen LogP contribution in [0.4, 0.5) is 5.95 Å². The van der Waals surface area contributed by atoms with Crippen LogP contribution in [0.3, 0.4) is 0 Å². The summed E-state index contributed by atoms with van der Waals surface area (Å²) in [6.45, 7) is 11.5. The Hall–Kier alpha value is -1.03. The van der Waals surface area contributed by atoms with Crippen molar-refractivity contribution in [3.63, 3.8) is 0 Å². The number of ether oxygens (including phenoxy) is 1. The van der Waals surface area contributed by atoms with Gasteiger partial charge in [-0.05, 0) is 51.4 Å². The normalized spacial score (nSPS) is 26.0. The van der Waals surface area contributed by atoms with Gasteiger partial charge in [0, 0.05) is 32.0 Å². The predicted molar refractivity (Wildman–Crippen MR) is 87.7 cm³/mol. The quantitative estimate of drug-likeness (QED) is 0.776. The second-order valence-corrected chi connectivity index (χ2v) is 6.56. The zero-order chi connectivity index (χ0) is 15.2. The number of imidazole rings is 1. The zero-order valence-electron chi connectivity index (χ0n) is 14.1. The molecule has 3 atom stereocenters. The third-order valence-corrected chi connectivity index (χ3v) is 4.72. The molecule has 0 radical (unpaired) electrons. The number of hydrogen-bond donors (Lipinski definition) is 1. The molecular weight excluding hydrogens is 262 g/mol. The van der Waals surface area contributed by atoms with E-state index in [1.165, 1.54) is 19.3 Å². The fourth-order valence-electron chi connectivity index (χ4n) is 3.17. The molecular formula is C17H31N3O. The van der Waals surface area contributed by atoms with E-state index in [4.69, 9.17) is 4.74 Å². The molecule has 21 heavy (non-hydrogen) atoms. The molecule has 0 aromatic carbocycles. The molecule has 1 fully saturated rings. The van der Waals surface area contributed by atoms with Crippen LogP contribution in [0.5, 0.6) is 0 Å². The Morgan fingerprint density at radius 1 is 1.33 bits per heavy atom. The Bertz CT molecular complexity index is 430. The van der Waals surface area contributed by atoms with Gasteiger partial charge in [0.25, 0.3) is 0 Å². The maximum atomic E-state index is 5.42. The summed E-state index contributed by atoms with van der Waals surface area (Å²) in [5.41, 5.74) is 1.09. The second-order valence-electron chi connectivity index (χ2n) is 6.56. The summed E-state index contributed by atoms with van der Waals surface area (Å²) in [6, 6.07) is 0.573. The third-order valence-electron chi connectivity index (χ3n) is 4.72. The van der Waals surface area contributed by atoms with Crippen molar-refractivity contribution in [3.05, 3.63) is 11.9 Å². The molecule has 1 N–H and O–H groups in total. The highest BCUT2D eigenvalue weighted by Crippen LogP contribution is 2.30. The lowest BCUT2D eigenvalue weighted by molar-refractivity contribution is 0.141. The van der Waals surface area contributed by atoms with Crippen molar-refractivity contribution in [2.24, 2.45) is 11.8 Å². The molecule has 0 aliphatic heterocycles. The van der Waals surface area contributed by atoms with E-state index < -0.39 is 0 Å². The molecule has 0 spiro atoms. The van der Waals surface area contributed by atoms with Crippen LogP contribution >= 0.6 is 0 Å². The Kier molecular flexibility index (Phi) is 6.09. The van der Waals surface area contributed by atoms with Gasteiger partial charge in [-0.25, -0.2) is 4.98 Å². The monoisotopic (exact) mass is 293 g/mol. The molecule has 4 nitrogen and oxygen atoms in total. The molecule has 0 amide bonds. The van der Waals surface area contributed by atoms with E-state index in [1.54, 1.807) is 0 Å². The molecule has 1 saturated carbocycles. The molecule has 0 saturated heterocycles. The Morgan fingerprint density at radius 3 is 2.86 bits per heavy atom. The van der Waals surface area contributed by atoms with Crippen LogP contribution < -0.4 is 5.32 Å². The van der Waals surface area contributed by atoms with E-state index in [1.807, 2.05) is 6.92 Å². The van der Waals surface area contributed by atoms with Crippen LogP contribution in [-0.2, 0) is 11.3 Å². The first-order valence-electron chi connectivity index (χ1n) is 8.48. The van der Waals surface area contributed by atoms with E-state index in [9.17, 15) is 0 Å². The topological polar surface area (TPSA) is 39.1 Å². The van der Waals surface area contributed by atoms with Crippen molar-refractivity contribution >= 4 is 5.95 Å². The van der Waals surface area contributed by atoms with Crippen molar-refractivity contribution in [2.75, 3.05) is 18.5 Å². The first-order chi connectivity index (χ1) is 10.1. The summed E-state index contributed by atoms with van der Waals surface area (Å²) >= 11 is 0. The molecule has 1 heterocycles. The first-order valence-corrected chi connectivity index (χ1v) is 8.48. The van der Waals surface area contributed by atoms with E-state index >= 15 is 0 Å². The number of aromatic nitrogens is 2. The van der Waals surface area contributed by atoms with Crippen molar-refractivity contribution in [2.45, 2.75) is 66.0 Å². The predicted octanol–water partition coefficient (Wildman–Crippen LogP) is 3.85. The van der Waals surface area contributed by atoms with Gasteiger partial charge in [0.05, 0.1) is 5.69 Å². The number of nitrogens with one attached hydrogen (secondary N) is 1. The van der Waals surface area contributed by atoms with Gasteiger partial charge in [0.1, 0.15) is 0 Å². The van der Waals surface area contributed by atoms with Gasteiger partial charge in [-0.3, -0.25) is 0 Å². The minimum Gasteiger partial charge on any atom is -0.382 e. The summed E-state index contributed by atoms with van der Waals surface area (Å²) in [5, 5.41) is 3.67. The van der Waals surface area contributed by atoms with Gasteiger partial charge < -0.3 is 14.6 Å². The molecule has 0 bridgehead atoms. The molecule has 4 heteroatoms. The van der Waals surface area contributed by atoms with Gasteiger partial charge in [-0.15, -0.1) is 0 Å². The van der Waals surface area contributed by atoms with Crippen LogP contribution in [0.1, 0.15) is 52.1 Å². The fraction of sp³-hybridized carbons (Fsp3) is 0.824. The zero-order valence-corrected chi connectivity index (χ0v) is 14.1. The average Bonchev–Trinajstić information content (AvgIpc) is 2.79. The highest BCUT2D eigenvalue weighted by atomic mass is 16.5. The third kappa shape index (κ3) is 4.73. The number of rotatable bonds is 7. The minimum absolute atomic E-state index is 0.573. The number of anilines is 1. The van der Waals surface area contributed by atoms with E-state index in [-0.39, 0.29) is 0 Å². The average molecular weight is 293 g/mol. The lowest BCUT2D eigenvalue weighted by Crippen LogP contribution is -2.31. The van der Waals surface area contributed by atoms with Crippen LogP contribution in [0.25, 0.3) is 0 Å². The largest absolute Gasteiger partial charge is 0.382 e. The number of nitrogens with zero attached hydrogens (tertiary/aromatic N) is 2. The maximum Gasteiger partial charge on any atom is 0.203 e. The van der Waals surface area contributed by atoms with Gasteiger partial charge >= 0.3 is 0 Å². The summed E-state index contributed by atoms with van der Waals surface area (Å²) in [5.74, 6) is 2.70. The highest BCUT2D eigenvalue weighted by molar-refractivity contribution is 5.30. The van der Waals surface area contributed by atoms with Crippen molar-refractivity contribution in [3.8, 4) is 0 Å². The van der Waals surface area contributed by atoms with Crippen molar-refractivity contribution in [1.29, 1.82) is 0 Å². The second kappa shape index (κ2) is 7.83. The first kappa shape index (κ1) is 16.3. The van der Waals surface area contributed by atoms with Gasteiger partial charge in [0.2, 0.25) is 5.95 Å². The van der Waals surface area contributed by atoms with E-state index in [2.05, 4.69) is 41.8 Å². The van der Waals surface area contributed by atoms with Gasteiger partial charge in [0.15, 0.2) is 0 Å². The number of aryl methyl sites for hydroxylation is 2. The fourth-order valence-corrected chi connectivity index (χ4v) is 3.17. The Balaban J connectivity index is 1.90. The molecule has 3 unspecified atom stereocenters. The van der Waals surface area contributed by atoms with Crippen molar-refractivity contribution in [1.82, 2.24) is 9.55 Å². The van der Waals surface area contributed by atoms with Crippen LogP contribution in [0.2, 0.25) is 0 Å². The van der Waals surface area contributed by atoms with Crippen LogP contribution in [0.15, 0.2) is 6.20 Å². The van der Waals surface area contributed by atoms with Gasteiger partial charge in [-0.2, -0.15) is 0 Å². The SMILES string of the molecule is CCOCCCn1cc(C)nc1NC1CCC(C)C(C)C1. The van der Waals surface area contributed by atoms with Crippen LogP contribution in [0, 0.1) is 18.8 Å². The molecule has 120 valence electrons. The lowest BCUT2D eigenvalue weighted by Gasteiger charge is -2.32. The smallest absolute Gasteiger partial charge is 0.203 e. The molecule has 1 aliphatic rings. The van der Waals surface area contributed by atoms with E-state index in [0.717, 1.165) is 49.7 Å². The highest BCUT2D eigenvalue weighted by Gasteiger charge is 2.25. The summed E-state index contributed by atoms with van der Waals surface area (Å²) in [4.78, 5) is 4.66. The standard InChI is InChI=1S/C17H31N3O/c1-5-21-10-6-9-20-12-15(4)18-17(20)19-16-8-7-13(2)14(3)11-16/h12-14,16H,5-11H2,1-4H3,(H,18,19). The van der Waals surface area contributed by atoms with Crippen LogP contribution in [-0.4, -0.2) is 28.8 Å². The Labute approximate surface area is 129 Å². The van der Waals surface area contributed by atoms with Crippen molar-refractivity contribution < 1.29 is 4.74 Å².